The largest absolute Gasteiger partial charge is 0.486 e. The van der Waals surface area contributed by atoms with Gasteiger partial charge in [0.2, 0.25) is 5.91 Å². The minimum absolute atomic E-state index is 0.0483. The molecule has 1 aromatic carbocycles. The fourth-order valence-electron chi connectivity index (χ4n) is 3.39. The molecule has 0 aliphatic heterocycles. The number of ether oxygens (including phenoxy) is 1. The van der Waals surface area contributed by atoms with Crippen molar-refractivity contribution in [3.8, 4) is 5.75 Å². The molecule has 7 heteroatoms. The third kappa shape index (κ3) is 5.26. The molecule has 0 bridgehead atoms. The van der Waals surface area contributed by atoms with Crippen LogP contribution in [0.3, 0.4) is 0 Å². The van der Waals surface area contributed by atoms with Gasteiger partial charge in [0.05, 0.1) is 17.3 Å². The number of fused-ring (bicyclic) bond motifs is 1. The van der Waals surface area contributed by atoms with Crippen LogP contribution in [0.1, 0.15) is 35.9 Å². The van der Waals surface area contributed by atoms with Crippen molar-refractivity contribution in [2.45, 2.75) is 33.4 Å². The van der Waals surface area contributed by atoms with E-state index in [2.05, 4.69) is 22.2 Å². The number of pyridine rings is 2. The molecule has 0 spiro atoms. The Balaban J connectivity index is 1.96. The van der Waals surface area contributed by atoms with Crippen molar-refractivity contribution in [1.29, 1.82) is 0 Å². The Kier molecular flexibility index (Phi) is 7.84. The molecule has 0 fully saturated rings. The number of amides is 1. The smallest absolute Gasteiger partial charge is 0.220 e. The van der Waals surface area contributed by atoms with Crippen LogP contribution in [0.4, 0.5) is 0 Å². The summed E-state index contributed by atoms with van der Waals surface area (Å²) in [6.45, 7) is 8.06. The Hall–Kier alpha value is -3.38. The van der Waals surface area contributed by atoms with Crippen molar-refractivity contribution in [2.75, 3.05) is 7.05 Å². The lowest BCUT2D eigenvalue weighted by Crippen LogP contribution is -2.23. The number of hydrogen-bond donors (Lipinski definition) is 2. The molecule has 3 rings (SSSR count). The SMILES string of the molecule is C=C/C=C(\NC)c1cc(C)nc2c(OCc3c(Cl)ccnc3CNC(=O)CC)cccc12. The summed E-state index contributed by atoms with van der Waals surface area (Å²) < 4.78 is 6.18. The molecule has 0 saturated carbocycles. The van der Waals surface area contributed by atoms with Crippen LogP contribution in [0, 0.1) is 6.92 Å². The van der Waals surface area contributed by atoms with Gasteiger partial charge in [-0.15, -0.1) is 0 Å². The van der Waals surface area contributed by atoms with Crippen LogP contribution < -0.4 is 15.4 Å². The second kappa shape index (κ2) is 10.8. The molecule has 0 aliphatic carbocycles. The summed E-state index contributed by atoms with van der Waals surface area (Å²) in [7, 11) is 1.88. The van der Waals surface area contributed by atoms with Crippen molar-refractivity contribution in [3.05, 3.63) is 82.8 Å². The summed E-state index contributed by atoms with van der Waals surface area (Å²) >= 11 is 6.44. The molecule has 0 radical (unpaired) electrons. The fourth-order valence-corrected chi connectivity index (χ4v) is 3.61. The number of halogens is 1. The van der Waals surface area contributed by atoms with Crippen molar-refractivity contribution in [3.63, 3.8) is 0 Å². The summed E-state index contributed by atoms with van der Waals surface area (Å²) in [6.07, 6.45) is 5.70. The van der Waals surface area contributed by atoms with Crippen LogP contribution in [-0.4, -0.2) is 22.9 Å². The van der Waals surface area contributed by atoms with E-state index < -0.39 is 0 Å². The van der Waals surface area contributed by atoms with Gasteiger partial charge >= 0.3 is 0 Å². The van der Waals surface area contributed by atoms with Crippen LogP contribution in [0.15, 0.2) is 55.3 Å². The number of nitrogens with one attached hydrogen (secondary N) is 2. The van der Waals surface area contributed by atoms with E-state index in [4.69, 9.17) is 21.3 Å². The minimum atomic E-state index is -0.0483. The van der Waals surface area contributed by atoms with E-state index in [-0.39, 0.29) is 12.5 Å². The molecule has 0 aliphatic rings. The number of para-hydroxylation sites is 1. The van der Waals surface area contributed by atoms with Crippen LogP contribution in [0.2, 0.25) is 5.02 Å². The maximum absolute atomic E-state index is 11.7. The molecular formula is C25H27ClN4O2. The number of hydrogen-bond acceptors (Lipinski definition) is 5. The normalized spacial score (nSPS) is 11.3. The molecule has 0 saturated heterocycles. The highest BCUT2D eigenvalue weighted by Gasteiger charge is 2.14. The van der Waals surface area contributed by atoms with Gasteiger partial charge in [0.15, 0.2) is 0 Å². The highest BCUT2D eigenvalue weighted by molar-refractivity contribution is 6.31. The van der Waals surface area contributed by atoms with Crippen LogP contribution in [0.25, 0.3) is 16.6 Å². The Bertz CT molecular complexity index is 1170. The van der Waals surface area contributed by atoms with Gasteiger partial charge in [-0.05, 0) is 31.2 Å². The number of carbonyl (C=O) groups excluding carboxylic acids is 1. The van der Waals surface area contributed by atoms with Gasteiger partial charge in [0.25, 0.3) is 0 Å². The molecule has 2 heterocycles. The lowest BCUT2D eigenvalue weighted by Gasteiger charge is -2.16. The number of aromatic nitrogens is 2. The zero-order valence-electron chi connectivity index (χ0n) is 18.5. The molecule has 0 unspecified atom stereocenters. The van der Waals surface area contributed by atoms with Crippen LogP contribution in [-0.2, 0) is 17.9 Å². The lowest BCUT2D eigenvalue weighted by atomic mass is 10.0. The number of allylic oxidation sites excluding steroid dienone is 2. The van der Waals surface area contributed by atoms with E-state index in [1.54, 1.807) is 25.3 Å². The van der Waals surface area contributed by atoms with Gasteiger partial charge in [-0.1, -0.05) is 43.3 Å². The van der Waals surface area contributed by atoms with Gasteiger partial charge in [0.1, 0.15) is 17.9 Å². The molecule has 32 heavy (non-hydrogen) atoms. The predicted octanol–water partition coefficient (Wildman–Crippen LogP) is 4.94. The Morgan fingerprint density at radius 2 is 2.12 bits per heavy atom. The second-order valence-corrected chi connectivity index (χ2v) is 7.57. The zero-order chi connectivity index (χ0) is 23.1. The van der Waals surface area contributed by atoms with Crippen LogP contribution >= 0.6 is 11.6 Å². The van der Waals surface area contributed by atoms with Gasteiger partial charge in [-0.2, -0.15) is 0 Å². The average Bonchev–Trinajstić information content (AvgIpc) is 2.80. The molecule has 0 atom stereocenters. The average molecular weight is 451 g/mol. The van der Waals surface area contributed by atoms with E-state index in [9.17, 15) is 4.79 Å². The minimum Gasteiger partial charge on any atom is -0.486 e. The zero-order valence-corrected chi connectivity index (χ0v) is 19.3. The molecule has 1 amide bonds. The molecule has 3 aromatic rings. The summed E-state index contributed by atoms with van der Waals surface area (Å²) in [5.74, 6) is 0.595. The number of benzene rings is 1. The third-order valence-corrected chi connectivity index (χ3v) is 5.36. The monoisotopic (exact) mass is 450 g/mol. The summed E-state index contributed by atoms with van der Waals surface area (Å²) in [5.41, 5.74) is 5.00. The van der Waals surface area contributed by atoms with E-state index >= 15 is 0 Å². The van der Waals surface area contributed by atoms with E-state index in [0.29, 0.717) is 29.4 Å². The highest BCUT2D eigenvalue weighted by Crippen LogP contribution is 2.31. The Morgan fingerprint density at radius 3 is 2.84 bits per heavy atom. The van der Waals surface area contributed by atoms with Crippen molar-refractivity contribution in [1.82, 2.24) is 20.6 Å². The Labute approximate surface area is 193 Å². The van der Waals surface area contributed by atoms with Gasteiger partial charge in [0, 0.05) is 47.6 Å². The molecule has 166 valence electrons. The number of rotatable bonds is 9. The molecule has 6 nitrogen and oxygen atoms in total. The molecule has 2 N–H and O–H groups in total. The first kappa shape index (κ1) is 23.3. The first-order chi connectivity index (χ1) is 15.5. The van der Waals surface area contributed by atoms with Crippen LogP contribution in [0.5, 0.6) is 5.75 Å². The van der Waals surface area contributed by atoms with E-state index in [1.807, 2.05) is 44.3 Å². The van der Waals surface area contributed by atoms with Gasteiger partial charge in [-0.25, -0.2) is 4.98 Å². The number of aryl methyl sites for hydroxylation is 1. The molecular weight excluding hydrogens is 424 g/mol. The highest BCUT2D eigenvalue weighted by atomic mass is 35.5. The van der Waals surface area contributed by atoms with Crippen molar-refractivity contribution >= 4 is 34.1 Å². The second-order valence-electron chi connectivity index (χ2n) is 7.17. The summed E-state index contributed by atoms with van der Waals surface area (Å²) in [6, 6.07) is 9.59. The van der Waals surface area contributed by atoms with E-state index in [0.717, 1.165) is 33.4 Å². The van der Waals surface area contributed by atoms with E-state index in [1.165, 1.54) is 0 Å². The maximum Gasteiger partial charge on any atom is 0.220 e. The summed E-state index contributed by atoms with van der Waals surface area (Å²) in [4.78, 5) is 20.8. The first-order valence-electron chi connectivity index (χ1n) is 10.4. The summed E-state index contributed by atoms with van der Waals surface area (Å²) in [5, 5.41) is 7.56. The first-order valence-corrected chi connectivity index (χ1v) is 10.8. The number of nitrogens with zero attached hydrogens (tertiary/aromatic N) is 2. The van der Waals surface area contributed by atoms with Crippen molar-refractivity contribution in [2.24, 2.45) is 0 Å². The lowest BCUT2D eigenvalue weighted by molar-refractivity contribution is -0.120. The van der Waals surface area contributed by atoms with Gasteiger partial charge < -0.3 is 15.4 Å². The standard InChI is InChI=1S/C25H27ClN4O2/c1-5-8-21(27-4)18-13-16(3)30-25-17(18)9-7-10-23(25)32-15-19-20(26)11-12-28-22(19)14-29-24(31)6-2/h5,7-13,27H,1,6,14-15H2,2-4H3,(H,29,31)/b21-8-. The van der Waals surface area contributed by atoms with Crippen molar-refractivity contribution < 1.29 is 9.53 Å². The number of carbonyl (C=O) groups is 1. The fraction of sp³-hybridized carbons (Fsp3) is 0.240. The quantitative estimate of drug-likeness (QED) is 0.451. The Morgan fingerprint density at radius 1 is 1.31 bits per heavy atom. The molecule has 2 aromatic heterocycles. The topological polar surface area (TPSA) is 76.1 Å². The third-order valence-electron chi connectivity index (χ3n) is 5.01. The predicted molar refractivity (Wildman–Crippen MR) is 129 cm³/mol. The van der Waals surface area contributed by atoms with Gasteiger partial charge in [-0.3, -0.25) is 9.78 Å². The maximum atomic E-state index is 11.7.